The molecule has 1 aromatic heterocycles. The molecule has 2 heterocycles. The van der Waals surface area contributed by atoms with Gasteiger partial charge in [-0.25, -0.2) is 8.78 Å². The Balaban J connectivity index is 1.65. The summed E-state index contributed by atoms with van der Waals surface area (Å²) in [4.78, 5) is 19.3. The first-order valence-electron chi connectivity index (χ1n) is 9.48. The number of halogens is 2. The molecular weight excluding hydrogens is 352 g/mol. The molecule has 2 saturated carbocycles. The number of pyridine rings is 1. The van der Waals surface area contributed by atoms with Gasteiger partial charge in [0.25, 0.3) is 0 Å². The SMILES string of the molecule is C[C@@H]1C[C@@H](c2cncc(C#N)c2O)N(C(=O)C23CCC(C(F)F)(CC2)C3)C1. The number of hydrogen-bond acceptors (Lipinski definition) is 4. The number of hydrogen-bond donors (Lipinski definition) is 1. The van der Waals surface area contributed by atoms with Crippen molar-refractivity contribution in [3.8, 4) is 11.8 Å². The molecule has 0 aromatic carbocycles. The fraction of sp³-hybridized carbons (Fsp3) is 0.650. The van der Waals surface area contributed by atoms with E-state index in [0.717, 1.165) is 0 Å². The number of aromatic nitrogens is 1. The van der Waals surface area contributed by atoms with Crippen LogP contribution in [0.15, 0.2) is 12.4 Å². The Morgan fingerprint density at radius 1 is 1.37 bits per heavy atom. The molecule has 1 aromatic rings. The maximum absolute atomic E-state index is 13.6. The molecule has 1 amide bonds. The van der Waals surface area contributed by atoms with Gasteiger partial charge in [-0.05, 0) is 44.4 Å². The van der Waals surface area contributed by atoms with Gasteiger partial charge in [0, 0.05) is 29.9 Å². The van der Waals surface area contributed by atoms with Crippen LogP contribution in [0.2, 0.25) is 0 Å². The fourth-order valence-corrected chi connectivity index (χ4v) is 5.50. The van der Waals surface area contributed by atoms with Crippen LogP contribution in [0.5, 0.6) is 5.75 Å². The van der Waals surface area contributed by atoms with Gasteiger partial charge >= 0.3 is 0 Å². The van der Waals surface area contributed by atoms with E-state index < -0.39 is 17.3 Å². The lowest BCUT2D eigenvalue weighted by Crippen LogP contribution is -2.42. The van der Waals surface area contributed by atoms with Crippen molar-refractivity contribution in [3.63, 3.8) is 0 Å². The van der Waals surface area contributed by atoms with E-state index in [1.165, 1.54) is 12.4 Å². The lowest BCUT2D eigenvalue weighted by Gasteiger charge is -2.34. The first-order valence-corrected chi connectivity index (χ1v) is 9.48. The van der Waals surface area contributed by atoms with Crippen LogP contribution >= 0.6 is 0 Å². The third-order valence-electron chi connectivity index (χ3n) is 7.01. The Morgan fingerprint density at radius 3 is 2.67 bits per heavy atom. The summed E-state index contributed by atoms with van der Waals surface area (Å²) in [6.45, 7) is 2.56. The maximum Gasteiger partial charge on any atom is 0.244 e. The van der Waals surface area contributed by atoms with Gasteiger partial charge in [-0.15, -0.1) is 0 Å². The summed E-state index contributed by atoms with van der Waals surface area (Å²) < 4.78 is 27.2. The lowest BCUT2D eigenvalue weighted by molar-refractivity contribution is -0.143. The van der Waals surface area contributed by atoms with Crippen LogP contribution in [0.25, 0.3) is 0 Å². The minimum Gasteiger partial charge on any atom is -0.506 e. The van der Waals surface area contributed by atoms with E-state index in [1.807, 2.05) is 13.0 Å². The van der Waals surface area contributed by atoms with Gasteiger partial charge in [0.1, 0.15) is 17.4 Å². The molecule has 4 rings (SSSR count). The van der Waals surface area contributed by atoms with E-state index in [9.17, 15) is 18.7 Å². The average molecular weight is 375 g/mol. The highest BCUT2D eigenvalue weighted by Crippen LogP contribution is 2.65. The zero-order chi connectivity index (χ0) is 19.4. The zero-order valence-corrected chi connectivity index (χ0v) is 15.3. The van der Waals surface area contributed by atoms with Crippen molar-refractivity contribution < 1.29 is 18.7 Å². The molecule has 1 saturated heterocycles. The Bertz CT molecular complexity index is 812. The standard InChI is InChI=1S/C20H23F2N3O2/c1-12-6-15(14-9-24-8-13(7-23)16(14)26)25(10-12)18(27)20-4-2-19(11-20,3-5-20)17(21)22/h8-9,12,15,17H,2-6,10-11H2,1H3,(H,24,26)/t12-,15+,19?,20?/m1/s1. The van der Waals surface area contributed by atoms with E-state index >= 15 is 0 Å². The van der Waals surface area contributed by atoms with Crippen molar-refractivity contribution in [2.45, 2.75) is 57.9 Å². The van der Waals surface area contributed by atoms with Crippen molar-refractivity contribution in [1.29, 1.82) is 5.26 Å². The molecule has 2 aliphatic carbocycles. The molecule has 0 radical (unpaired) electrons. The number of fused-ring (bicyclic) bond motifs is 2. The van der Waals surface area contributed by atoms with Crippen molar-refractivity contribution in [2.24, 2.45) is 16.7 Å². The summed E-state index contributed by atoms with van der Waals surface area (Å²) in [5.74, 6) is 0.0171. The highest BCUT2D eigenvalue weighted by atomic mass is 19.3. The molecule has 1 N–H and O–H groups in total. The molecule has 0 spiro atoms. The second kappa shape index (κ2) is 6.15. The Kier molecular flexibility index (Phi) is 4.13. The molecule has 27 heavy (non-hydrogen) atoms. The number of alkyl halides is 2. The number of carbonyl (C=O) groups excluding carboxylic acids is 1. The van der Waals surface area contributed by atoms with Gasteiger partial charge in [-0.1, -0.05) is 6.92 Å². The molecule has 2 bridgehead atoms. The molecule has 0 unspecified atom stereocenters. The normalized spacial score (nSPS) is 35.0. The third-order valence-corrected chi connectivity index (χ3v) is 7.01. The summed E-state index contributed by atoms with van der Waals surface area (Å²) in [6, 6.07) is 1.54. The minimum absolute atomic E-state index is 0.0707. The summed E-state index contributed by atoms with van der Waals surface area (Å²) in [7, 11) is 0. The molecule has 1 aliphatic heterocycles. The van der Waals surface area contributed by atoms with Crippen molar-refractivity contribution in [3.05, 3.63) is 23.5 Å². The van der Waals surface area contributed by atoms with Crippen LogP contribution in [0, 0.1) is 28.1 Å². The Hall–Kier alpha value is -2.23. The molecule has 5 nitrogen and oxygen atoms in total. The van der Waals surface area contributed by atoms with Gasteiger partial charge in [0.15, 0.2) is 0 Å². The van der Waals surface area contributed by atoms with Crippen LogP contribution < -0.4 is 0 Å². The second-order valence-corrected chi connectivity index (χ2v) is 8.67. The van der Waals surface area contributed by atoms with Crippen molar-refractivity contribution in [1.82, 2.24) is 9.88 Å². The van der Waals surface area contributed by atoms with E-state index in [2.05, 4.69) is 4.98 Å². The quantitative estimate of drug-likeness (QED) is 0.872. The number of aromatic hydroxyl groups is 1. The first kappa shape index (κ1) is 18.1. The number of nitriles is 1. The predicted octanol–water partition coefficient (Wildman–Crippen LogP) is 3.78. The number of rotatable bonds is 3. The largest absolute Gasteiger partial charge is 0.506 e. The van der Waals surface area contributed by atoms with Crippen LogP contribution in [0.3, 0.4) is 0 Å². The Morgan fingerprint density at radius 2 is 2.07 bits per heavy atom. The summed E-state index contributed by atoms with van der Waals surface area (Å²) in [5.41, 5.74) is -1.15. The second-order valence-electron chi connectivity index (χ2n) is 8.67. The highest BCUT2D eigenvalue weighted by molar-refractivity contribution is 5.84. The summed E-state index contributed by atoms with van der Waals surface area (Å²) in [5, 5.41) is 19.6. The number of nitrogens with zero attached hydrogens (tertiary/aromatic N) is 3. The monoisotopic (exact) mass is 375 g/mol. The van der Waals surface area contributed by atoms with E-state index in [-0.39, 0.29) is 35.6 Å². The molecule has 3 fully saturated rings. The van der Waals surface area contributed by atoms with Gasteiger partial charge in [0.2, 0.25) is 12.3 Å². The van der Waals surface area contributed by atoms with Gasteiger partial charge < -0.3 is 10.0 Å². The Labute approximate surface area is 157 Å². The van der Waals surface area contributed by atoms with Crippen LogP contribution in [-0.4, -0.2) is 33.9 Å². The van der Waals surface area contributed by atoms with Crippen LogP contribution in [-0.2, 0) is 4.79 Å². The van der Waals surface area contributed by atoms with E-state index in [1.54, 1.807) is 4.90 Å². The molecule has 7 heteroatoms. The summed E-state index contributed by atoms with van der Waals surface area (Å²) in [6.07, 6.45) is 3.16. The van der Waals surface area contributed by atoms with Gasteiger partial charge in [-0.3, -0.25) is 9.78 Å². The summed E-state index contributed by atoms with van der Waals surface area (Å²) >= 11 is 0. The van der Waals surface area contributed by atoms with Gasteiger partial charge in [0.05, 0.1) is 11.5 Å². The number of carbonyl (C=O) groups is 1. The van der Waals surface area contributed by atoms with Crippen LogP contribution in [0.4, 0.5) is 8.78 Å². The molecule has 3 aliphatic rings. The minimum atomic E-state index is -2.39. The van der Waals surface area contributed by atoms with E-state index in [0.29, 0.717) is 44.2 Å². The van der Waals surface area contributed by atoms with Crippen molar-refractivity contribution in [2.75, 3.05) is 6.54 Å². The van der Waals surface area contributed by atoms with Gasteiger partial charge in [-0.2, -0.15) is 5.26 Å². The topological polar surface area (TPSA) is 77.2 Å². The van der Waals surface area contributed by atoms with Crippen LogP contribution in [0.1, 0.15) is 62.6 Å². The van der Waals surface area contributed by atoms with E-state index in [4.69, 9.17) is 5.26 Å². The molecule has 2 atom stereocenters. The highest BCUT2D eigenvalue weighted by Gasteiger charge is 2.63. The maximum atomic E-state index is 13.6. The lowest BCUT2D eigenvalue weighted by atomic mass is 9.81. The number of likely N-dealkylation sites (tertiary alicyclic amines) is 1. The average Bonchev–Trinajstić information content (AvgIpc) is 3.34. The fourth-order valence-electron chi connectivity index (χ4n) is 5.50. The third kappa shape index (κ3) is 2.60. The number of amides is 1. The molecule has 144 valence electrons. The zero-order valence-electron chi connectivity index (χ0n) is 15.3. The predicted molar refractivity (Wildman–Crippen MR) is 92.8 cm³/mol. The smallest absolute Gasteiger partial charge is 0.244 e. The first-order chi connectivity index (χ1) is 12.8. The van der Waals surface area contributed by atoms with Crippen molar-refractivity contribution >= 4 is 5.91 Å². The molecular formula is C20H23F2N3O2.